The summed E-state index contributed by atoms with van der Waals surface area (Å²) in [5.74, 6) is 1.82. The minimum absolute atomic E-state index is 0.0221. The van der Waals surface area contributed by atoms with Crippen molar-refractivity contribution in [3.63, 3.8) is 0 Å². The molecule has 0 bridgehead atoms. The summed E-state index contributed by atoms with van der Waals surface area (Å²) >= 11 is 0. The first-order chi connectivity index (χ1) is 12.6. The fourth-order valence-corrected chi connectivity index (χ4v) is 4.25. The number of fused-ring (bicyclic) bond motifs is 4. The number of phenolic OH excluding ortho intramolecular Hbond substituents is 1. The Morgan fingerprint density at radius 3 is 2.46 bits per heavy atom. The highest BCUT2D eigenvalue weighted by Crippen LogP contribution is 2.49. The molecule has 138 valence electrons. The number of aliphatic hydroxyl groups excluding tert-OH is 1. The first-order valence-electron chi connectivity index (χ1n) is 8.66. The molecule has 6 heteroatoms. The average molecular weight is 357 g/mol. The van der Waals surface area contributed by atoms with Gasteiger partial charge in [-0.25, -0.2) is 0 Å². The third kappa shape index (κ3) is 2.40. The second-order valence-electron chi connectivity index (χ2n) is 6.68. The number of benzene rings is 2. The van der Waals surface area contributed by atoms with Crippen molar-refractivity contribution in [1.29, 1.82) is 0 Å². The molecule has 4 rings (SSSR count). The minimum Gasteiger partial charge on any atom is -0.504 e. The zero-order valence-corrected chi connectivity index (χ0v) is 15.2. The number of rotatable bonds is 3. The van der Waals surface area contributed by atoms with Crippen LogP contribution < -0.4 is 14.2 Å². The molecule has 2 aromatic carbocycles. The van der Waals surface area contributed by atoms with Crippen molar-refractivity contribution in [1.82, 2.24) is 4.90 Å². The van der Waals surface area contributed by atoms with E-state index in [0.717, 1.165) is 35.1 Å². The monoisotopic (exact) mass is 357 g/mol. The van der Waals surface area contributed by atoms with Crippen LogP contribution in [0.25, 0.3) is 0 Å². The second-order valence-corrected chi connectivity index (χ2v) is 6.68. The van der Waals surface area contributed by atoms with Crippen LogP contribution in [-0.2, 0) is 12.8 Å². The van der Waals surface area contributed by atoms with Crippen LogP contribution in [0.4, 0.5) is 0 Å². The average Bonchev–Trinajstić information content (AvgIpc) is 2.66. The van der Waals surface area contributed by atoms with Crippen LogP contribution in [0, 0.1) is 0 Å². The molecule has 2 atom stereocenters. The Hall–Kier alpha value is -2.44. The molecule has 0 fully saturated rings. The van der Waals surface area contributed by atoms with Crippen LogP contribution >= 0.6 is 0 Å². The van der Waals surface area contributed by atoms with Gasteiger partial charge >= 0.3 is 0 Å². The van der Waals surface area contributed by atoms with E-state index in [0.29, 0.717) is 23.8 Å². The first-order valence-corrected chi connectivity index (χ1v) is 8.66. The summed E-state index contributed by atoms with van der Waals surface area (Å²) in [5, 5.41) is 21.2. The molecule has 0 saturated carbocycles. The Labute approximate surface area is 152 Å². The van der Waals surface area contributed by atoms with E-state index in [4.69, 9.17) is 14.2 Å². The molecule has 26 heavy (non-hydrogen) atoms. The molecule has 0 aromatic heterocycles. The summed E-state index contributed by atoms with van der Waals surface area (Å²) in [7, 11) is 4.73. The van der Waals surface area contributed by atoms with E-state index < -0.39 is 6.23 Å². The van der Waals surface area contributed by atoms with Gasteiger partial charge in [0, 0.05) is 18.2 Å². The molecule has 2 aliphatic rings. The summed E-state index contributed by atoms with van der Waals surface area (Å²) in [4.78, 5) is 2.07. The molecular formula is C20H23NO5. The summed E-state index contributed by atoms with van der Waals surface area (Å²) in [6.07, 6.45) is 0.720. The zero-order chi connectivity index (χ0) is 18.4. The lowest BCUT2D eigenvalue weighted by Gasteiger charge is -2.45. The van der Waals surface area contributed by atoms with Crippen molar-refractivity contribution in [3.05, 3.63) is 46.5 Å². The van der Waals surface area contributed by atoms with Gasteiger partial charge in [0.05, 0.1) is 21.3 Å². The van der Waals surface area contributed by atoms with E-state index in [1.165, 1.54) is 0 Å². The van der Waals surface area contributed by atoms with Crippen LogP contribution in [0.15, 0.2) is 24.3 Å². The standard InChI is InChI=1S/C20H23NO5/c1-24-16-5-4-12-8-14-13-10-17(25-2)15(22)9-11(13)6-7-21(14)20(23)18(12)19(16)26-3/h4-5,9-10,14,20,22-23H,6-8H2,1-3H3/t14-,20-/m1/s1. The minimum atomic E-state index is -0.776. The quantitative estimate of drug-likeness (QED) is 0.880. The maximum atomic E-state index is 11.1. The smallest absolute Gasteiger partial charge is 0.168 e. The van der Waals surface area contributed by atoms with Crippen LogP contribution in [0.3, 0.4) is 0 Å². The van der Waals surface area contributed by atoms with Gasteiger partial charge < -0.3 is 24.4 Å². The van der Waals surface area contributed by atoms with Crippen molar-refractivity contribution in [3.8, 4) is 23.0 Å². The molecular weight excluding hydrogens is 334 g/mol. The van der Waals surface area contributed by atoms with Gasteiger partial charge in [-0.05, 0) is 47.7 Å². The number of methoxy groups -OCH3 is 3. The maximum absolute atomic E-state index is 11.1. The highest BCUT2D eigenvalue weighted by Gasteiger charge is 2.40. The number of hydrogen-bond acceptors (Lipinski definition) is 6. The molecule has 2 heterocycles. The van der Waals surface area contributed by atoms with Gasteiger partial charge in [-0.15, -0.1) is 0 Å². The summed E-state index contributed by atoms with van der Waals surface area (Å²) < 4.78 is 16.2. The molecule has 0 spiro atoms. The number of hydrogen-bond donors (Lipinski definition) is 2. The Balaban J connectivity index is 1.83. The number of ether oxygens (including phenoxy) is 3. The predicted molar refractivity (Wildman–Crippen MR) is 96.0 cm³/mol. The van der Waals surface area contributed by atoms with Gasteiger partial charge in [0.15, 0.2) is 23.0 Å². The van der Waals surface area contributed by atoms with Crippen molar-refractivity contribution in [2.24, 2.45) is 0 Å². The molecule has 0 saturated heterocycles. The van der Waals surface area contributed by atoms with E-state index in [9.17, 15) is 10.2 Å². The molecule has 0 radical (unpaired) electrons. The Kier molecular flexibility index (Phi) is 4.17. The van der Waals surface area contributed by atoms with Crippen LogP contribution in [0.5, 0.6) is 23.0 Å². The lowest BCUT2D eigenvalue weighted by Crippen LogP contribution is -2.42. The summed E-state index contributed by atoms with van der Waals surface area (Å²) in [6.45, 7) is 0.699. The topological polar surface area (TPSA) is 71.4 Å². The fraction of sp³-hybridized carbons (Fsp3) is 0.400. The number of aromatic hydroxyl groups is 1. The van der Waals surface area contributed by atoms with Crippen molar-refractivity contribution < 1.29 is 24.4 Å². The first kappa shape index (κ1) is 17.0. The van der Waals surface area contributed by atoms with Crippen molar-refractivity contribution >= 4 is 0 Å². The molecule has 0 aliphatic carbocycles. The van der Waals surface area contributed by atoms with Gasteiger partial charge in [0.1, 0.15) is 6.23 Å². The molecule has 6 nitrogen and oxygen atoms in total. The van der Waals surface area contributed by atoms with E-state index in [1.807, 2.05) is 18.2 Å². The van der Waals surface area contributed by atoms with Gasteiger partial charge in [-0.2, -0.15) is 0 Å². The predicted octanol–water partition coefficient (Wildman–Crippen LogP) is 2.56. The van der Waals surface area contributed by atoms with Gasteiger partial charge in [-0.1, -0.05) is 6.07 Å². The second kappa shape index (κ2) is 6.37. The highest BCUT2D eigenvalue weighted by molar-refractivity contribution is 5.55. The van der Waals surface area contributed by atoms with Gasteiger partial charge in [-0.3, -0.25) is 4.90 Å². The highest BCUT2D eigenvalue weighted by atomic mass is 16.5. The fourth-order valence-electron chi connectivity index (χ4n) is 4.25. The van der Waals surface area contributed by atoms with Crippen LogP contribution in [0.2, 0.25) is 0 Å². The van der Waals surface area contributed by atoms with Crippen molar-refractivity contribution in [2.45, 2.75) is 25.1 Å². The van der Waals surface area contributed by atoms with Crippen molar-refractivity contribution in [2.75, 3.05) is 27.9 Å². The lowest BCUT2D eigenvalue weighted by atomic mass is 9.82. The molecule has 2 N–H and O–H groups in total. The third-order valence-electron chi connectivity index (χ3n) is 5.50. The van der Waals surface area contributed by atoms with Gasteiger partial charge in [0.25, 0.3) is 0 Å². The molecule has 2 aromatic rings. The summed E-state index contributed by atoms with van der Waals surface area (Å²) in [6, 6.07) is 7.56. The Morgan fingerprint density at radius 2 is 1.77 bits per heavy atom. The largest absolute Gasteiger partial charge is 0.504 e. The van der Waals surface area contributed by atoms with Gasteiger partial charge in [0.2, 0.25) is 0 Å². The normalized spacial score (nSPS) is 21.4. The van der Waals surface area contributed by atoms with Crippen LogP contribution in [0.1, 0.15) is 34.5 Å². The van der Waals surface area contributed by atoms with E-state index in [-0.39, 0.29) is 11.8 Å². The van der Waals surface area contributed by atoms with Crippen LogP contribution in [-0.4, -0.2) is 43.0 Å². The molecule has 2 aliphatic heterocycles. The SMILES string of the molecule is COc1cc2c(cc1O)CCN1[C@H](O)c3c(ccc(OC)c3OC)C[C@H]21. The summed E-state index contributed by atoms with van der Waals surface area (Å²) in [5.41, 5.74) is 4.00. The zero-order valence-electron chi connectivity index (χ0n) is 15.2. The number of phenols is 1. The Morgan fingerprint density at radius 1 is 1.00 bits per heavy atom. The molecule has 0 amide bonds. The molecule has 0 unspecified atom stereocenters. The third-order valence-corrected chi connectivity index (χ3v) is 5.50. The van der Waals surface area contributed by atoms with E-state index in [1.54, 1.807) is 27.4 Å². The maximum Gasteiger partial charge on any atom is 0.168 e. The lowest BCUT2D eigenvalue weighted by molar-refractivity contribution is -0.0448. The number of aliphatic hydroxyl groups is 1. The number of nitrogens with zero attached hydrogens (tertiary/aromatic N) is 1. The Bertz CT molecular complexity index is 851. The van der Waals surface area contributed by atoms with E-state index in [2.05, 4.69) is 4.90 Å². The van der Waals surface area contributed by atoms with E-state index >= 15 is 0 Å².